The summed E-state index contributed by atoms with van der Waals surface area (Å²) in [5, 5.41) is 0. The van der Waals surface area contributed by atoms with Crippen molar-refractivity contribution in [3.8, 4) is 0 Å². The molecule has 0 aromatic carbocycles. The molecule has 1 rings (SSSR count). The topological polar surface area (TPSA) is 3.24 Å². The summed E-state index contributed by atoms with van der Waals surface area (Å²) in [6.07, 6.45) is 7.42. The molecule has 0 heterocycles. The lowest BCUT2D eigenvalue weighted by Gasteiger charge is -2.31. The standard InChI is InChI=1S/C12H29NSi2/c1-13(12-8-6-5-7-9-12)14-10-11-15(2,3)4/h12H,5-11,14H2,1-4H3. The van der Waals surface area contributed by atoms with Crippen molar-refractivity contribution < 1.29 is 0 Å². The molecule has 0 saturated heterocycles. The number of hydrogen-bond donors (Lipinski definition) is 0. The van der Waals surface area contributed by atoms with Gasteiger partial charge in [-0.25, -0.2) is 0 Å². The predicted octanol–water partition coefficient (Wildman–Crippen LogP) is 3.09. The fourth-order valence-corrected chi connectivity index (χ4v) is 8.67. The smallest absolute Gasteiger partial charge is 0.0947 e. The maximum absolute atomic E-state index is 2.76. The first-order valence-corrected chi connectivity index (χ1v) is 12.0. The Kier molecular flexibility index (Phi) is 5.57. The van der Waals surface area contributed by atoms with Gasteiger partial charge in [-0.15, -0.1) is 0 Å². The molecule has 0 atom stereocenters. The summed E-state index contributed by atoms with van der Waals surface area (Å²) >= 11 is 0. The van der Waals surface area contributed by atoms with Gasteiger partial charge in [-0.3, -0.25) is 0 Å². The zero-order chi connectivity index (χ0) is 11.3. The van der Waals surface area contributed by atoms with Gasteiger partial charge < -0.3 is 4.57 Å². The van der Waals surface area contributed by atoms with Crippen molar-refractivity contribution in [2.45, 2.75) is 69.9 Å². The highest BCUT2D eigenvalue weighted by Gasteiger charge is 2.18. The molecule has 15 heavy (non-hydrogen) atoms. The number of rotatable bonds is 5. The second kappa shape index (κ2) is 6.21. The fraction of sp³-hybridized carbons (Fsp3) is 1.00. The first kappa shape index (κ1) is 13.5. The largest absolute Gasteiger partial charge is 0.329 e. The molecule has 1 saturated carbocycles. The van der Waals surface area contributed by atoms with Crippen LogP contribution in [0.2, 0.25) is 31.7 Å². The molecule has 0 unspecified atom stereocenters. The van der Waals surface area contributed by atoms with Crippen molar-refractivity contribution in [1.82, 2.24) is 4.57 Å². The van der Waals surface area contributed by atoms with Crippen molar-refractivity contribution >= 4 is 17.8 Å². The molecule has 0 amide bonds. The minimum atomic E-state index is -0.765. The third-order valence-electron chi connectivity index (χ3n) is 3.64. The molecule has 1 fully saturated rings. The van der Waals surface area contributed by atoms with Crippen LogP contribution in [0.25, 0.3) is 0 Å². The van der Waals surface area contributed by atoms with Crippen LogP contribution in [0, 0.1) is 0 Å². The van der Waals surface area contributed by atoms with Gasteiger partial charge >= 0.3 is 0 Å². The van der Waals surface area contributed by atoms with Gasteiger partial charge in [-0.1, -0.05) is 51.0 Å². The zero-order valence-corrected chi connectivity index (χ0v) is 13.6. The van der Waals surface area contributed by atoms with Crippen LogP contribution in [-0.2, 0) is 0 Å². The van der Waals surface area contributed by atoms with Gasteiger partial charge in [0.05, 0.1) is 9.68 Å². The number of hydrogen-bond acceptors (Lipinski definition) is 1. The van der Waals surface area contributed by atoms with Crippen molar-refractivity contribution in [1.29, 1.82) is 0 Å². The molecule has 1 aliphatic rings. The van der Waals surface area contributed by atoms with Crippen LogP contribution in [-0.4, -0.2) is 35.4 Å². The highest BCUT2D eigenvalue weighted by atomic mass is 28.3. The molecule has 0 bridgehead atoms. The predicted molar refractivity (Wildman–Crippen MR) is 76.1 cm³/mol. The Morgan fingerprint density at radius 1 is 1.13 bits per heavy atom. The lowest BCUT2D eigenvalue weighted by Crippen LogP contribution is -2.36. The van der Waals surface area contributed by atoms with E-state index in [1.54, 1.807) is 12.1 Å². The van der Waals surface area contributed by atoms with Gasteiger partial charge in [0.15, 0.2) is 0 Å². The van der Waals surface area contributed by atoms with Crippen LogP contribution in [0.5, 0.6) is 0 Å². The van der Waals surface area contributed by atoms with Gasteiger partial charge in [0.25, 0.3) is 0 Å². The van der Waals surface area contributed by atoms with E-state index in [4.69, 9.17) is 0 Å². The summed E-state index contributed by atoms with van der Waals surface area (Å²) in [7, 11) is 1.71. The molecule has 1 nitrogen and oxygen atoms in total. The van der Waals surface area contributed by atoms with E-state index in [-0.39, 0.29) is 9.68 Å². The highest BCUT2D eigenvalue weighted by Crippen LogP contribution is 2.21. The van der Waals surface area contributed by atoms with E-state index in [1.807, 2.05) is 0 Å². The zero-order valence-electron chi connectivity index (χ0n) is 11.2. The average molecular weight is 244 g/mol. The first-order chi connectivity index (χ1) is 6.99. The van der Waals surface area contributed by atoms with Crippen LogP contribution in [0.1, 0.15) is 32.1 Å². The molecule has 90 valence electrons. The molecular formula is C12H29NSi2. The molecule has 3 heteroatoms. The molecular weight excluding hydrogens is 214 g/mol. The summed E-state index contributed by atoms with van der Waals surface area (Å²) in [6, 6.07) is 4.07. The van der Waals surface area contributed by atoms with E-state index in [2.05, 4.69) is 31.3 Å². The van der Waals surface area contributed by atoms with E-state index in [9.17, 15) is 0 Å². The minimum absolute atomic E-state index is 0.0791. The lowest BCUT2D eigenvalue weighted by atomic mass is 9.96. The Labute approximate surface area is 99.5 Å². The van der Waals surface area contributed by atoms with E-state index >= 15 is 0 Å². The summed E-state index contributed by atoms with van der Waals surface area (Å²) in [5.41, 5.74) is 0. The minimum Gasteiger partial charge on any atom is -0.329 e. The van der Waals surface area contributed by atoms with Crippen molar-refractivity contribution in [3.63, 3.8) is 0 Å². The Morgan fingerprint density at radius 2 is 1.73 bits per heavy atom. The van der Waals surface area contributed by atoms with E-state index in [0.29, 0.717) is 0 Å². The van der Waals surface area contributed by atoms with Gasteiger partial charge in [0, 0.05) is 14.1 Å². The van der Waals surface area contributed by atoms with Gasteiger partial charge in [-0.2, -0.15) is 0 Å². The van der Waals surface area contributed by atoms with Crippen LogP contribution in [0.15, 0.2) is 0 Å². The summed E-state index contributed by atoms with van der Waals surface area (Å²) in [6.45, 7) is 7.51. The Hall–Kier alpha value is 0.394. The SMILES string of the molecule is CN([SiH2]CC[Si](C)(C)C)C1CCCCC1. The molecule has 0 spiro atoms. The third kappa shape index (κ3) is 5.88. The molecule has 1 aliphatic carbocycles. The third-order valence-corrected chi connectivity index (χ3v) is 8.09. The highest BCUT2D eigenvalue weighted by molar-refractivity contribution is 6.76. The van der Waals surface area contributed by atoms with Crippen LogP contribution in [0.3, 0.4) is 0 Å². The maximum Gasteiger partial charge on any atom is 0.0947 e. The van der Waals surface area contributed by atoms with Crippen LogP contribution < -0.4 is 0 Å². The van der Waals surface area contributed by atoms with Crippen molar-refractivity contribution in [2.75, 3.05) is 7.05 Å². The Morgan fingerprint density at radius 3 is 2.27 bits per heavy atom. The molecule has 0 aromatic rings. The summed E-state index contributed by atoms with van der Waals surface area (Å²) < 4.78 is 2.76. The average Bonchev–Trinajstić information content (AvgIpc) is 2.17. The second-order valence-electron chi connectivity index (χ2n) is 6.44. The molecule has 0 N–H and O–H groups in total. The van der Waals surface area contributed by atoms with E-state index < -0.39 is 8.07 Å². The molecule has 0 aromatic heterocycles. The quantitative estimate of drug-likeness (QED) is 0.671. The Balaban J connectivity index is 2.14. The lowest BCUT2D eigenvalue weighted by molar-refractivity contribution is 0.291. The monoisotopic (exact) mass is 243 g/mol. The van der Waals surface area contributed by atoms with Crippen molar-refractivity contribution in [3.05, 3.63) is 0 Å². The van der Waals surface area contributed by atoms with Gasteiger partial charge in [0.1, 0.15) is 0 Å². The second-order valence-corrected chi connectivity index (χ2v) is 14.2. The molecule has 0 aliphatic heterocycles. The fourth-order valence-electron chi connectivity index (χ4n) is 2.56. The first-order valence-electron chi connectivity index (χ1n) is 6.69. The van der Waals surface area contributed by atoms with Crippen LogP contribution >= 0.6 is 0 Å². The summed E-state index contributed by atoms with van der Waals surface area (Å²) in [5.74, 6) is 0. The van der Waals surface area contributed by atoms with Gasteiger partial charge in [-0.05, 0) is 19.9 Å². The van der Waals surface area contributed by atoms with Crippen molar-refractivity contribution in [2.24, 2.45) is 0 Å². The number of nitrogens with zero attached hydrogens (tertiary/aromatic N) is 1. The molecule has 0 radical (unpaired) electrons. The normalized spacial score (nSPS) is 20.6. The Bertz CT molecular complexity index is 171. The van der Waals surface area contributed by atoms with E-state index in [1.165, 1.54) is 32.1 Å². The van der Waals surface area contributed by atoms with E-state index in [0.717, 1.165) is 6.04 Å². The van der Waals surface area contributed by atoms with Crippen LogP contribution in [0.4, 0.5) is 0 Å². The maximum atomic E-state index is 2.76. The summed E-state index contributed by atoms with van der Waals surface area (Å²) in [4.78, 5) is 0. The van der Waals surface area contributed by atoms with Gasteiger partial charge in [0.2, 0.25) is 0 Å².